The lowest BCUT2D eigenvalue weighted by Crippen LogP contribution is -2.18. The van der Waals surface area contributed by atoms with Crippen molar-refractivity contribution in [1.29, 1.82) is 0 Å². The number of carbonyl (C=O) groups excluding carboxylic acids is 4. The van der Waals surface area contributed by atoms with E-state index in [1.165, 1.54) is 37.5 Å². The zero-order valence-corrected chi connectivity index (χ0v) is 21.3. The first-order chi connectivity index (χ1) is 18.3. The lowest BCUT2D eigenvalue weighted by atomic mass is 9.85. The van der Waals surface area contributed by atoms with Crippen molar-refractivity contribution in [3.8, 4) is 5.75 Å². The van der Waals surface area contributed by atoms with Crippen LogP contribution in [-0.4, -0.2) is 37.4 Å². The van der Waals surface area contributed by atoms with Gasteiger partial charge in [-0.05, 0) is 47.6 Å². The van der Waals surface area contributed by atoms with Crippen LogP contribution in [0.2, 0.25) is 0 Å². The molecule has 192 valence electrons. The molecule has 0 bridgehead atoms. The van der Waals surface area contributed by atoms with Gasteiger partial charge in [0.2, 0.25) is 5.78 Å². The zero-order chi connectivity index (χ0) is 27.7. The first kappa shape index (κ1) is 27.7. The highest BCUT2D eigenvalue weighted by Gasteiger charge is 2.26. The molecule has 0 saturated carbocycles. The summed E-state index contributed by atoms with van der Waals surface area (Å²) < 4.78 is 9.98. The molecule has 38 heavy (non-hydrogen) atoms. The summed E-state index contributed by atoms with van der Waals surface area (Å²) in [6, 6.07) is 16.8. The molecule has 2 aliphatic rings. The Morgan fingerprint density at radius 2 is 1.21 bits per heavy atom. The third kappa shape index (κ3) is 6.48. The smallest absolute Gasteiger partial charge is 0.220 e. The molecule has 2 aromatic carbocycles. The molecule has 0 aliphatic heterocycles. The minimum atomic E-state index is -0.345. The fourth-order valence-corrected chi connectivity index (χ4v) is 4.09. The Morgan fingerprint density at radius 3 is 1.76 bits per heavy atom. The molecule has 4 rings (SSSR count). The SMILES string of the molecule is C=CC(C1=CC(=O)C(OC)=CC1=O)c1ccc(OC)cc1.C=CC(C1=CC(=O)C=CC1=O)c1ccccc1. The second kappa shape index (κ2) is 12.9. The highest BCUT2D eigenvalue weighted by atomic mass is 16.5. The highest BCUT2D eigenvalue weighted by molar-refractivity contribution is 6.20. The number of allylic oxidation sites excluding steroid dienone is 9. The Bertz CT molecular complexity index is 1370. The van der Waals surface area contributed by atoms with E-state index < -0.39 is 0 Å². The summed E-state index contributed by atoms with van der Waals surface area (Å²) in [5.74, 6) is -0.621. The summed E-state index contributed by atoms with van der Waals surface area (Å²) in [5, 5.41) is 0. The highest BCUT2D eigenvalue weighted by Crippen LogP contribution is 2.31. The Morgan fingerprint density at radius 1 is 0.632 bits per heavy atom. The number of rotatable bonds is 8. The molecule has 0 amide bonds. The number of hydrogen-bond acceptors (Lipinski definition) is 6. The van der Waals surface area contributed by atoms with Crippen LogP contribution in [0.4, 0.5) is 0 Å². The molecule has 0 aromatic heterocycles. The molecule has 0 saturated heterocycles. The zero-order valence-electron chi connectivity index (χ0n) is 21.3. The average molecular weight is 509 g/mol. The Hall–Kier alpha value is -4.84. The third-order valence-electron chi connectivity index (χ3n) is 6.05. The monoisotopic (exact) mass is 508 g/mol. The molecule has 2 aromatic rings. The van der Waals surface area contributed by atoms with Crippen LogP contribution in [0.25, 0.3) is 0 Å². The van der Waals surface area contributed by atoms with Crippen molar-refractivity contribution >= 4 is 23.1 Å². The van der Waals surface area contributed by atoms with Gasteiger partial charge in [-0.2, -0.15) is 0 Å². The van der Waals surface area contributed by atoms with Crippen LogP contribution in [0.5, 0.6) is 5.75 Å². The van der Waals surface area contributed by atoms with Crippen molar-refractivity contribution in [2.45, 2.75) is 11.8 Å². The molecule has 0 fully saturated rings. The number of hydrogen-bond donors (Lipinski definition) is 0. The van der Waals surface area contributed by atoms with Gasteiger partial charge < -0.3 is 9.47 Å². The van der Waals surface area contributed by atoms with Crippen molar-refractivity contribution in [2.75, 3.05) is 14.2 Å². The first-order valence-corrected chi connectivity index (χ1v) is 11.8. The van der Waals surface area contributed by atoms with E-state index in [0.29, 0.717) is 11.1 Å². The van der Waals surface area contributed by atoms with Crippen LogP contribution >= 0.6 is 0 Å². The molecule has 6 heteroatoms. The van der Waals surface area contributed by atoms with Gasteiger partial charge in [-0.25, -0.2) is 0 Å². The van der Waals surface area contributed by atoms with Crippen LogP contribution in [-0.2, 0) is 23.9 Å². The molecule has 2 unspecified atom stereocenters. The normalized spacial score (nSPS) is 16.2. The summed E-state index contributed by atoms with van der Waals surface area (Å²) in [5.41, 5.74) is 2.71. The number of ether oxygens (including phenoxy) is 2. The van der Waals surface area contributed by atoms with Gasteiger partial charge in [-0.1, -0.05) is 54.6 Å². The van der Waals surface area contributed by atoms with E-state index in [9.17, 15) is 19.2 Å². The molecule has 0 N–H and O–H groups in total. The maximum Gasteiger partial charge on any atom is 0.220 e. The Balaban J connectivity index is 0.000000215. The molecule has 6 nitrogen and oxygen atoms in total. The average Bonchev–Trinajstić information content (AvgIpc) is 2.94. The number of benzene rings is 2. The number of ketones is 4. The molecule has 0 heterocycles. The van der Waals surface area contributed by atoms with Gasteiger partial charge in [0.05, 0.1) is 14.2 Å². The lowest BCUT2D eigenvalue weighted by molar-refractivity contribution is -0.117. The number of carbonyl (C=O) groups is 4. The van der Waals surface area contributed by atoms with Crippen molar-refractivity contribution in [3.63, 3.8) is 0 Å². The molecule has 0 spiro atoms. The summed E-state index contributed by atoms with van der Waals surface area (Å²) in [6.07, 6.45) is 9.86. The first-order valence-electron chi connectivity index (χ1n) is 11.8. The van der Waals surface area contributed by atoms with Gasteiger partial charge in [0.25, 0.3) is 0 Å². The Kier molecular flexibility index (Phi) is 9.43. The van der Waals surface area contributed by atoms with Crippen LogP contribution in [0.1, 0.15) is 23.0 Å². The van der Waals surface area contributed by atoms with E-state index in [1.54, 1.807) is 31.4 Å². The van der Waals surface area contributed by atoms with E-state index in [0.717, 1.165) is 16.9 Å². The van der Waals surface area contributed by atoms with Gasteiger partial charge in [0, 0.05) is 29.1 Å². The summed E-state index contributed by atoms with van der Waals surface area (Å²) in [6.45, 7) is 7.51. The van der Waals surface area contributed by atoms with Gasteiger partial charge in [0.15, 0.2) is 23.1 Å². The van der Waals surface area contributed by atoms with E-state index in [2.05, 4.69) is 13.2 Å². The van der Waals surface area contributed by atoms with Crippen LogP contribution < -0.4 is 4.74 Å². The van der Waals surface area contributed by atoms with E-state index in [-0.39, 0.29) is 40.7 Å². The van der Waals surface area contributed by atoms with Gasteiger partial charge in [0.1, 0.15) is 5.75 Å². The van der Waals surface area contributed by atoms with Crippen LogP contribution in [0.15, 0.2) is 127 Å². The van der Waals surface area contributed by atoms with Gasteiger partial charge >= 0.3 is 0 Å². The predicted octanol–water partition coefficient (Wildman–Crippen LogP) is 5.16. The van der Waals surface area contributed by atoms with Crippen molar-refractivity contribution in [3.05, 3.63) is 138 Å². The van der Waals surface area contributed by atoms with E-state index in [1.807, 2.05) is 42.5 Å². The predicted molar refractivity (Wildman–Crippen MR) is 146 cm³/mol. The van der Waals surface area contributed by atoms with Crippen molar-refractivity contribution < 1.29 is 28.7 Å². The molecule has 2 atom stereocenters. The molecular weight excluding hydrogens is 480 g/mol. The second-order valence-corrected chi connectivity index (χ2v) is 8.35. The van der Waals surface area contributed by atoms with Crippen LogP contribution in [0.3, 0.4) is 0 Å². The summed E-state index contributed by atoms with van der Waals surface area (Å²) in [7, 11) is 2.95. The molecule has 0 radical (unpaired) electrons. The van der Waals surface area contributed by atoms with E-state index >= 15 is 0 Å². The maximum atomic E-state index is 12.2. The third-order valence-corrected chi connectivity index (χ3v) is 6.05. The fraction of sp³-hybridized carbons (Fsp3) is 0.125. The lowest BCUT2D eigenvalue weighted by Gasteiger charge is -2.18. The Labute approximate surface area is 222 Å². The summed E-state index contributed by atoms with van der Waals surface area (Å²) in [4.78, 5) is 47.1. The minimum absolute atomic E-state index is 0.0568. The minimum Gasteiger partial charge on any atom is -0.497 e. The molecule has 2 aliphatic carbocycles. The largest absolute Gasteiger partial charge is 0.497 e. The topological polar surface area (TPSA) is 86.7 Å². The van der Waals surface area contributed by atoms with Crippen LogP contribution in [0, 0.1) is 0 Å². The van der Waals surface area contributed by atoms with Gasteiger partial charge in [-0.3, -0.25) is 19.2 Å². The second-order valence-electron chi connectivity index (χ2n) is 8.35. The van der Waals surface area contributed by atoms with Gasteiger partial charge in [-0.15, -0.1) is 13.2 Å². The quantitative estimate of drug-likeness (QED) is 0.362. The summed E-state index contributed by atoms with van der Waals surface area (Å²) >= 11 is 0. The van der Waals surface area contributed by atoms with Crippen molar-refractivity contribution in [1.82, 2.24) is 0 Å². The number of methoxy groups -OCH3 is 2. The van der Waals surface area contributed by atoms with Crippen molar-refractivity contribution in [2.24, 2.45) is 0 Å². The maximum absolute atomic E-state index is 12.2. The molecular formula is C32H28O6. The van der Waals surface area contributed by atoms with E-state index in [4.69, 9.17) is 9.47 Å². The fourth-order valence-electron chi connectivity index (χ4n) is 4.09. The standard InChI is InChI=1S/C17H16O4.C15H12O2/c1-4-13(11-5-7-12(20-2)8-6-11)14-9-16(19)17(21-3)10-15(14)18;1-2-13(11-6-4-3-5-7-11)14-10-12(16)8-9-15(14)17/h4-10,13H,1H2,2-3H3;2-10,13H,1H2.